The number of carbonyl (C=O) groups is 2. The van der Waals surface area contributed by atoms with Crippen molar-refractivity contribution < 1.29 is 14.1 Å². The van der Waals surface area contributed by atoms with E-state index >= 15 is 0 Å². The first-order chi connectivity index (χ1) is 19.4. The molecule has 2 saturated heterocycles. The summed E-state index contributed by atoms with van der Waals surface area (Å²) in [6.07, 6.45) is 4.05. The number of amides is 2. The molecule has 6 rings (SSSR count). The molecule has 2 fully saturated rings. The highest BCUT2D eigenvalue weighted by Gasteiger charge is 2.34. The number of piperidine rings is 1. The molecule has 0 N–H and O–H groups in total. The molecule has 1 atom stereocenters. The van der Waals surface area contributed by atoms with E-state index in [1.807, 2.05) is 40.0 Å². The van der Waals surface area contributed by atoms with Gasteiger partial charge in [0.2, 0.25) is 23.5 Å². The largest absolute Gasteiger partial charge is 0.343 e. The van der Waals surface area contributed by atoms with E-state index in [9.17, 15) is 9.59 Å². The minimum absolute atomic E-state index is 0.00777. The lowest BCUT2D eigenvalue weighted by Gasteiger charge is -2.31. The zero-order valence-electron chi connectivity index (χ0n) is 22.7. The number of nitriles is 1. The summed E-state index contributed by atoms with van der Waals surface area (Å²) in [5.41, 5.74) is 3.15. The standard InChI is InChI=1S/C30H31N7O3/c1-19(2)37-26-15-23(6-7-24(26)17-32-37)29-33-30(40-34-29)22-8-10-35(11-9-22)27(38)13-21-14-28(39)36(18-21)25-5-3-4-20(12-25)16-31/h3-7,12,15,17,19,21-22H,8-11,13-14,18H2,1-2H3/t21-/m0/s1. The van der Waals surface area contributed by atoms with Crippen LogP contribution in [0.15, 0.2) is 53.2 Å². The molecule has 4 heterocycles. The number of anilines is 1. The molecular weight excluding hydrogens is 506 g/mol. The topological polar surface area (TPSA) is 121 Å². The second-order valence-corrected chi connectivity index (χ2v) is 11.0. The minimum atomic E-state index is -0.0358. The van der Waals surface area contributed by atoms with Crippen LogP contribution in [0.5, 0.6) is 0 Å². The summed E-state index contributed by atoms with van der Waals surface area (Å²) < 4.78 is 7.65. The zero-order chi connectivity index (χ0) is 27.8. The minimum Gasteiger partial charge on any atom is -0.343 e. The number of benzene rings is 2. The van der Waals surface area contributed by atoms with Gasteiger partial charge in [-0.25, -0.2) is 0 Å². The van der Waals surface area contributed by atoms with Gasteiger partial charge in [-0.15, -0.1) is 0 Å². The number of nitrogens with zero attached hydrogens (tertiary/aromatic N) is 7. The normalized spacial score (nSPS) is 18.1. The van der Waals surface area contributed by atoms with Crippen molar-refractivity contribution in [2.75, 3.05) is 24.5 Å². The predicted octanol–water partition coefficient (Wildman–Crippen LogP) is 4.69. The van der Waals surface area contributed by atoms with Crippen LogP contribution in [0.4, 0.5) is 5.69 Å². The molecule has 204 valence electrons. The van der Waals surface area contributed by atoms with Crippen LogP contribution in [0.25, 0.3) is 22.3 Å². The Labute approximate surface area is 232 Å². The molecule has 0 saturated carbocycles. The van der Waals surface area contributed by atoms with E-state index in [0.29, 0.717) is 55.4 Å². The van der Waals surface area contributed by atoms with Gasteiger partial charge >= 0.3 is 0 Å². The third-order valence-corrected chi connectivity index (χ3v) is 7.94. The fourth-order valence-corrected chi connectivity index (χ4v) is 5.77. The molecule has 0 spiro atoms. The fourth-order valence-electron chi connectivity index (χ4n) is 5.77. The van der Waals surface area contributed by atoms with Crippen molar-refractivity contribution >= 4 is 28.4 Å². The highest BCUT2D eigenvalue weighted by Crippen LogP contribution is 2.32. The van der Waals surface area contributed by atoms with Crippen molar-refractivity contribution in [1.82, 2.24) is 24.8 Å². The first kappa shape index (κ1) is 25.7. The van der Waals surface area contributed by atoms with Gasteiger partial charge in [-0.1, -0.05) is 23.4 Å². The van der Waals surface area contributed by atoms with Gasteiger partial charge in [-0.3, -0.25) is 14.3 Å². The van der Waals surface area contributed by atoms with E-state index in [4.69, 9.17) is 14.8 Å². The number of hydrogen-bond acceptors (Lipinski definition) is 7. The van der Waals surface area contributed by atoms with Crippen LogP contribution in [0, 0.1) is 17.2 Å². The molecule has 0 bridgehead atoms. The molecule has 2 aromatic heterocycles. The van der Waals surface area contributed by atoms with E-state index in [2.05, 4.69) is 30.2 Å². The van der Waals surface area contributed by atoms with Crippen molar-refractivity contribution in [1.29, 1.82) is 5.26 Å². The Morgan fingerprint density at radius 3 is 2.77 bits per heavy atom. The predicted molar refractivity (Wildman–Crippen MR) is 148 cm³/mol. The average Bonchev–Trinajstić information content (AvgIpc) is 3.71. The lowest BCUT2D eigenvalue weighted by atomic mass is 9.95. The summed E-state index contributed by atoms with van der Waals surface area (Å²) >= 11 is 0. The number of rotatable bonds is 6. The Morgan fingerprint density at radius 2 is 2.00 bits per heavy atom. The molecule has 0 radical (unpaired) electrons. The number of carbonyl (C=O) groups excluding carboxylic acids is 2. The average molecular weight is 538 g/mol. The van der Waals surface area contributed by atoms with E-state index in [0.717, 1.165) is 29.3 Å². The maximum atomic E-state index is 13.1. The van der Waals surface area contributed by atoms with Crippen LogP contribution >= 0.6 is 0 Å². The lowest BCUT2D eigenvalue weighted by Crippen LogP contribution is -2.39. The van der Waals surface area contributed by atoms with Crippen LogP contribution in [0.2, 0.25) is 0 Å². The Kier molecular flexibility index (Phi) is 6.80. The second-order valence-electron chi connectivity index (χ2n) is 11.0. The van der Waals surface area contributed by atoms with E-state index in [1.165, 1.54) is 0 Å². The molecular formula is C30H31N7O3. The number of likely N-dealkylation sites (tertiary alicyclic amines) is 1. The Hall–Kier alpha value is -4.52. The summed E-state index contributed by atoms with van der Waals surface area (Å²) in [5, 5.41) is 19.0. The van der Waals surface area contributed by atoms with E-state index < -0.39 is 0 Å². The number of hydrogen-bond donors (Lipinski definition) is 0. The third-order valence-electron chi connectivity index (χ3n) is 7.94. The van der Waals surface area contributed by atoms with Gasteiger partial charge in [0.15, 0.2) is 0 Å². The molecule has 40 heavy (non-hydrogen) atoms. The van der Waals surface area contributed by atoms with Gasteiger partial charge in [-0.2, -0.15) is 15.3 Å². The van der Waals surface area contributed by atoms with E-state index in [1.54, 1.807) is 23.1 Å². The van der Waals surface area contributed by atoms with Crippen molar-refractivity contribution in [3.8, 4) is 17.5 Å². The smallest absolute Gasteiger partial charge is 0.230 e. The van der Waals surface area contributed by atoms with Crippen LogP contribution in [0.1, 0.15) is 62.9 Å². The molecule has 0 unspecified atom stereocenters. The third kappa shape index (κ3) is 4.95. The zero-order valence-corrected chi connectivity index (χ0v) is 22.7. The summed E-state index contributed by atoms with van der Waals surface area (Å²) in [7, 11) is 0. The maximum Gasteiger partial charge on any atom is 0.230 e. The molecule has 10 heteroatoms. The molecule has 10 nitrogen and oxygen atoms in total. The van der Waals surface area contributed by atoms with Crippen molar-refractivity contribution in [2.24, 2.45) is 5.92 Å². The SMILES string of the molecule is CC(C)n1ncc2ccc(-c3noc(C4CCN(C(=O)C[C@H]5CC(=O)N(c6cccc(C#N)c6)C5)CC4)n3)cc21. The molecule has 2 aliphatic rings. The molecule has 2 aliphatic heterocycles. The van der Waals surface area contributed by atoms with Crippen molar-refractivity contribution in [3.05, 3.63) is 60.1 Å². The Balaban J connectivity index is 1.05. The van der Waals surface area contributed by atoms with Crippen LogP contribution < -0.4 is 4.90 Å². The highest BCUT2D eigenvalue weighted by atomic mass is 16.5. The fraction of sp³-hybridized carbons (Fsp3) is 0.400. The first-order valence-electron chi connectivity index (χ1n) is 13.8. The Bertz CT molecular complexity index is 1610. The summed E-state index contributed by atoms with van der Waals surface area (Å²) in [4.78, 5) is 34.0. The second kappa shape index (κ2) is 10.6. The molecule has 2 amide bonds. The quantitative estimate of drug-likeness (QED) is 0.350. The van der Waals surface area contributed by atoms with Gasteiger partial charge in [0.1, 0.15) is 0 Å². The van der Waals surface area contributed by atoms with Gasteiger partial charge < -0.3 is 14.3 Å². The molecule has 2 aromatic carbocycles. The maximum absolute atomic E-state index is 13.1. The summed E-state index contributed by atoms with van der Waals surface area (Å²) in [6.45, 7) is 5.93. The first-order valence-corrected chi connectivity index (χ1v) is 13.8. The molecule has 0 aliphatic carbocycles. The van der Waals surface area contributed by atoms with Crippen molar-refractivity contribution in [2.45, 2.75) is 51.5 Å². The van der Waals surface area contributed by atoms with Crippen molar-refractivity contribution in [3.63, 3.8) is 0 Å². The van der Waals surface area contributed by atoms with Crippen LogP contribution in [-0.2, 0) is 9.59 Å². The van der Waals surface area contributed by atoms with Gasteiger partial charge in [-0.05, 0) is 56.9 Å². The highest BCUT2D eigenvalue weighted by molar-refractivity contribution is 5.96. The molecule has 4 aromatic rings. The summed E-state index contributed by atoms with van der Waals surface area (Å²) in [5.74, 6) is 1.30. The monoisotopic (exact) mass is 537 g/mol. The van der Waals surface area contributed by atoms with Gasteiger partial charge in [0.05, 0.1) is 23.3 Å². The van der Waals surface area contributed by atoms with Crippen LogP contribution in [0.3, 0.4) is 0 Å². The number of aromatic nitrogens is 4. The lowest BCUT2D eigenvalue weighted by molar-refractivity contribution is -0.133. The number of fused-ring (bicyclic) bond motifs is 1. The Morgan fingerprint density at radius 1 is 1.18 bits per heavy atom. The summed E-state index contributed by atoms with van der Waals surface area (Å²) in [6, 6.07) is 15.5. The van der Waals surface area contributed by atoms with Gasteiger partial charge in [0.25, 0.3) is 0 Å². The van der Waals surface area contributed by atoms with Crippen LogP contribution in [-0.4, -0.2) is 56.3 Å². The van der Waals surface area contributed by atoms with E-state index in [-0.39, 0.29) is 29.7 Å². The van der Waals surface area contributed by atoms with Gasteiger partial charge in [0, 0.05) is 61.1 Å².